The first kappa shape index (κ1) is 14.5. The maximum atomic E-state index is 12.9. The molecule has 2 atom stereocenters. The predicted molar refractivity (Wildman–Crippen MR) is 84.8 cm³/mol. The molecular formula is C18H22N2O3. The maximum Gasteiger partial charge on any atom is 0.276 e. The van der Waals surface area contributed by atoms with Gasteiger partial charge in [-0.25, -0.2) is 0 Å². The lowest BCUT2D eigenvalue weighted by Gasteiger charge is -2.39. The quantitative estimate of drug-likeness (QED) is 0.841. The summed E-state index contributed by atoms with van der Waals surface area (Å²) in [4.78, 5) is 14.9. The SMILES string of the molecule is CC1(C)CC2CC(C)(CN2C(=O)c2cc(-c3ccco3)on2)C1. The van der Waals surface area contributed by atoms with E-state index in [0.29, 0.717) is 23.3 Å². The van der Waals surface area contributed by atoms with Crippen molar-refractivity contribution in [1.82, 2.24) is 10.1 Å². The minimum Gasteiger partial charge on any atom is -0.461 e. The van der Waals surface area contributed by atoms with Crippen LogP contribution in [0, 0.1) is 10.8 Å². The topological polar surface area (TPSA) is 59.5 Å². The van der Waals surface area contributed by atoms with Gasteiger partial charge < -0.3 is 13.8 Å². The third kappa shape index (κ3) is 2.48. The Kier molecular flexibility index (Phi) is 2.99. The number of hydrogen-bond acceptors (Lipinski definition) is 4. The first-order valence-corrected chi connectivity index (χ1v) is 8.17. The van der Waals surface area contributed by atoms with Crippen LogP contribution < -0.4 is 0 Å². The van der Waals surface area contributed by atoms with Gasteiger partial charge in [-0.05, 0) is 42.2 Å². The van der Waals surface area contributed by atoms with E-state index in [9.17, 15) is 4.79 Å². The number of carbonyl (C=O) groups is 1. The largest absolute Gasteiger partial charge is 0.461 e. The highest BCUT2D eigenvalue weighted by Gasteiger charge is 2.51. The average molecular weight is 314 g/mol. The molecule has 2 aliphatic rings. The van der Waals surface area contributed by atoms with E-state index >= 15 is 0 Å². The van der Waals surface area contributed by atoms with Crippen LogP contribution in [0.1, 0.15) is 50.5 Å². The minimum absolute atomic E-state index is 0.0296. The zero-order valence-corrected chi connectivity index (χ0v) is 13.8. The third-order valence-electron chi connectivity index (χ3n) is 5.17. The number of nitrogens with zero attached hydrogens (tertiary/aromatic N) is 2. The number of fused-ring (bicyclic) bond motifs is 2. The average Bonchev–Trinajstić information content (AvgIpc) is 3.14. The van der Waals surface area contributed by atoms with E-state index in [1.807, 2.05) is 4.90 Å². The fraction of sp³-hybridized carbons (Fsp3) is 0.556. The Morgan fingerprint density at radius 3 is 2.87 bits per heavy atom. The van der Waals surface area contributed by atoms with E-state index < -0.39 is 0 Å². The highest BCUT2D eigenvalue weighted by atomic mass is 16.5. The summed E-state index contributed by atoms with van der Waals surface area (Å²) in [5.74, 6) is 1.05. The number of hydrogen-bond donors (Lipinski definition) is 0. The van der Waals surface area contributed by atoms with E-state index in [2.05, 4.69) is 25.9 Å². The van der Waals surface area contributed by atoms with Crippen molar-refractivity contribution in [3.63, 3.8) is 0 Å². The normalized spacial score (nSPS) is 29.0. The molecule has 2 aromatic rings. The van der Waals surface area contributed by atoms with Crippen molar-refractivity contribution < 1.29 is 13.7 Å². The lowest BCUT2D eigenvalue weighted by atomic mass is 9.65. The maximum absolute atomic E-state index is 12.9. The van der Waals surface area contributed by atoms with Crippen LogP contribution in [0.2, 0.25) is 0 Å². The van der Waals surface area contributed by atoms with Gasteiger partial charge in [0.05, 0.1) is 6.26 Å². The molecule has 2 aromatic heterocycles. The molecule has 1 saturated carbocycles. The highest BCUT2D eigenvalue weighted by Crippen LogP contribution is 2.52. The summed E-state index contributed by atoms with van der Waals surface area (Å²) in [5.41, 5.74) is 0.872. The number of amides is 1. The van der Waals surface area contributed by atoms with Crippen molar-refractivity contribution in [1.29, 1.82) is 0 Å². The van der Waals surface area contributed by atoms with E-state index in [1.54, 1.807) is 24.5 Å². The molecule has 5 heteroatoms. The standard InChI is InChI=1S/C18H22N2O3/c1-17(2)8-12-9-18(3,10-17)11-20(12)16(21)13-7-15(23-19-13)14-5-4-6-22-14/h4-7,12H,8-11H2,1-3H3. The minimum atomic E-state index is -0.0296. The summed E-state index contributed by atoms with van der Waals surface area (Å²) < 4.78 is 10.6. The Morgan fingerprint density at radius 1 is 1.30 bits per heavy atom. The summed E-state index contributed by atoms with van der Waals surface area (Å²) in [6.07, 6.45) is 4.88. The molecular weight excluding hydrogens is 292 g/mol. The van der Waals surface area contributed by atoms with Crippen LogP contribution in [-0.2, 0) is 0 Å². The summed E-state index contributed by atoms with van der Waals surface area (Å²) in [6.45, 7) is 7.71. The van der Waals surface area contributed by atoms with Gasteiger partial charge in [0, 0.05) is 18.7 Å². The lowest BCUT2D eigenvalue weighted by Crippen LogP contribution is -2.37. The molecule has 1 amide bonds. The molecule has 0 radical (unpaired) electrons. The summed E-state index contributed by atoms with van der Waals surface area (Å²) in [5, 5.41) is 3.96. The second kappa shape index (κ2) is 4.73. The van der Waals surface area contributed by atoms with Crippen LogP contribution in [0.25, 0.3) is 11.5 Å². The molecule has 23 heavy (non-hydrogen) atoms. The highest BCUT2D eigenvalue weighted by molar-refractivity contribution is 5.93. The van der Waals surface area contributed by atoms with Crippen LogP contribution in [0.3, 0.4) is 0 Å². The van der Waals surface area contributed by atoms with E-state index in [1.165, 1.54) is 0 Å². The number of aromatic nitrogens is 1. The Bertz CT molecular complexity index is 731. The molecule has 2 bridgehead atoms. The molecule has 0 aromatic carbocycles. The molecule has 5 nitrogen and oxygen atoms in total. The van der Waals surface area contributed by atoms with Gasteiger partial charge in [0.1, 0.15) is 0 Å². The molecule has 1 aliphatic heterocycles. The number of furan rings is 1. The van der Waals surface area contributed by atoms with Gasteiger partial charge >= 0.3 is 0 Å². The zero-order chi connectivity index (χ0) is 16.2. The van der Waals surface area contributed by atoms with Crippen molar-refractivity contribution in [2.45, 2.75) is 46.1 Å². The molecule has 0 N–H and O–H groups in total. The van der Waals surface area contributed by atoms with Crippen molar-refractivity contribution in [2.75, 3.05) is 6.54 Å². The monoisotopic (exact) mass is 314 g/mol. The molecule has 0 spiro atoms. The molecule has 4 rings (SSSR count). The smallest absolute Gasteiger partial charge is 0.276 e. The van der Waals surface area contributed by atoms with E-state index in [4.69, 9.17) is 8.94 Å². The van der Waals surface area contributed by atoms with Crippen molar-refractivity contribution in [2.24, 2.45) is 10.8 Å². The van der Waals surface area contributed by atoms with Crippen LogP contribution >= 0.6 is 0 Å². The Balaban J connectivity index is 1.58. The Morgan fingerprint density at radius 2 is 2.13 bits per heavy atom. The molecule has 1 aliphatic carbocycles. The van der Waals surface area contributed by atoms with Crippen LogP contribution in [-0.4, -0.2) is 28.6 Å². The van der Waals surface area contributed by atoms with Gasteiger partial charge in [0.15, 0.2) is 11.5 Å². The molecule has 2 unspecified atom stereocenters. The predicted octanol–water partition coefficient (Wildman–Crippen LogP) is 3.98. The van der Waals surface area contributed by atoms with Gasteiger partial charge in [0.25, 0.3) is 5.91 Å². The summed E-state index contributed by atoms with van der Waals surface area (Å²) in [6, 6.07) is 5.56. The van der Waals surface area contributed by atoms with E-state index in [-0.39, 0.29) is 16.7 Å². The van der Waals surface area contributed by atoms with Crippen molar-refractivity contribution in [3.8, 4) is 11.5 Å². The van der Waals surface area contributed by atoms with Gasteiger partial charge in [-0.1, -0.05) is 25.9 Å². The molecule has 122 valence electrons. The number of rotatable bonds is 2. The number of likely N-dealkylation sites (tertiary alicyclic amines) is 1. The molecule has 3 heterocycles. The van der Waals surface area contributed by atoms with Crippen LogP contribution in [0.4, 0.5) is 0 Å². The number of carbonyl (C=O) groups excluding carboxylic acids is 1. The van der Waals surface area contributed by atoms with Gasteiger partial charge in [-0.2, -0.15) is 0 Å². The first-order valence-electron chi connectivity index (χ1n) is 8.17. The Hall–Kier alpha value is -2.04. The fourth-order valence-electron chi connectivity index (χ4n) is 4.76. The second-order valence-corrected chi connectivity index (χ2v) is 8.20. The lowest BCUT2D eigenvalue weighted by molar-refractivity contribution is 0.0698. The van der Waals surface area contributed by atoms with Crippen molar-refractivity contribution >= 4 is 5.91 Å². The zero-order valence-electron chi connectivity index (χ0n) is 13.8. The molecule has 2 fully saturated rings. The van der Waals surface area contributed by atoms with Gasteiger partial charge in [0.2, 0.25) is 5.76 Å². The summed E-state index contributed by atoms with van der Waals surface area (Å²) >= 11 is 0. The first-order chi connectivity index (χ1) is 10.9. The third-order valence-corrected chi connectivity index (χ3v) is 5.17. The van der Waals surface area contributed by atoms with Gasteiger partial charge in [-0.3, -0.25) is 4.79 Å². The van der Waals surface area contributed by atoms with Crippen molar-refractivity contribution in [3.05, 3.63) is 30.2 Å². The second-order valence-electron chi connectivity index (χ2n) is 8.20. The fourth-order valence-corrected chi connectivity index (χ4v) is 4.76. The van der Waals surface area contributed by atoms with Crippen LogP contribution in [0.15, 0.2) is 33.4 Å². The van der Waals surface area contributed by atoms with Gasteiger partial charge in [-0.15, -0.1) is 0 Å². The van der Waals surface area contributed by atoms with Crippen LogP contribution in [0.5, 0.6) is 0 Å². The Labute approximate surface area is 135 Å². The van der Waals surface area contributed by atoms with E-state index in [0.717, 1.165) is 25.8 Å². The summed E-state index contributed by atoms with van der Waals surface area (Å²) in [7, 11) is 0. The molecule has 1 saturated heterocycles.